The lowest BCUT2D eigenvalue weighted by molar-refractivity contribution is -0.133. The molecular formula is C5H8O4. The summed E-state index contributed by atoms with van der Waals surface area (Å²) in [4.78, 5) is 9.98. The minimum atomic E-state index is -1.20. The van der Waals surface area contributed by atoms with Gasteiger partial charge in [-0.15, -0.1) is 0 Å². The van der Waals surface area contributed by atoms with Crippen LogP contribution in [0, 0.1) is 0 Å². The zero-order valence-corrected chi connectivity index (χ0v) is 4.74. The van der Waals surface area contributed by atoms with Crippen molar-refractivity contribution in [1.82, 2.24) is 0 Å². The molecule has 0 aromatic carbocycles. The maximum atomic E-state index is 9.98. The van der Waals surface area contributed by atoms with Crippen LogP contribution in [0.1, 0.15) is 0 Å². The van der Waals surface area contributed by atoms with Crippen molar-refractivity contribution in [1.29, 1.82) is 0 Å². The van der Waals surface area contributed by atoms with Gasteiger partial charge in [0, 0.05) is 0 Å². The van der Waals surface area contributed by atoms with Crippen molar-refractivity contribution in [2.75, 3.05) is 13.2 Å². The van der Waals surface area contributed by atoms with Crippen molar-refractivity contribution < 1.29 is 20.1 Å². The number of hydrogen-bond donors (Lipinski definition) is 3. The first-order valence-electron chi connectivity index (χ1n) is 2.36. The van der Waals surface area contributed by atoms with Crippen LogP contribution in [0.4, 0.5) is 0 Å². The molecule has 52 valence electrons. The zero-order chi connectivity index (χ0) is 7.28. The summed E-state index contributed by atoms with van der Waals surface area (Å²) in [6.45, 7) is -0.905. The molecule has 0 heterocycles. The van der Waals surface area contributed by atoms with E-state index >= 15 is 0 Å². The van der Waals surface area contributed by atoms with E-state index < -0.39 is 12.6 Å². The molecule has 0 fully saturated rings. The maximum absolute atomic E-state index is 9.98. The highest BCUT2D eigenvalue weighted by Gasteiger charge is 2.02. The summed E-state index contributed by atoms with van der Waals surface area (Å²) in [6, 6.07) is 0. The van der Waals surface area contributed by atoms with Gasteiger partial charge in [0.1, 0.15) is 0 Å². The van der Waals surface area contributed by atoms with Gasteiger partial charge in [0.2, 0.25) is 0 Å². The van der Waals surface area contributed by atoms with E-state index in [0.29, 0.717) is 0 Å². The Morgan fingerprint density at radius 1 is 1.44 bits per heavy atom. The van der Waals surface area contributed by atoms with Crippen molar-refractivity contribution >= 4 is 5.97 Å². The van der Waals surface area contributed by atoms with Gasteiger partial charge in [-0.3, -0.25) is 0 Å². The lowest BCUT2D eigenvalue weighted by atomic mass is 10.3. The summed E-state index contributed by atoms with van der Waals surface area (Å²) in [6.07, 6.45) is 1.04. The Hall–Kier alpha value is -0.870. The molecule has 0 rings (SSSR count). The number of rotatable bonds is 3. The Balaban J connectivity index is 3.98. The molecule has 0 aliphatic rings. The molecular weight excluding hydrogens is 124 g/mol. The van der Waals surface area contributed by atoms with Crippen molar-refractivity contribution in [3.8, 4) is 0 Å². The SMILES string of the molecule is O=C(O)/C(=C\CO)CO. The molecule has 3 N–H and O–H groups in total. The van der Waals surface area contributed by atoms with Crippen LogP contribution in [-0.2, 0) is 4.79 Å². The Bertz CT molecular complexity index is 127. The largest absolute Gasteiger partial charge is 0.478 e. The smallest absolute Gasteiger partial charge is 0.333 e. The highest BCUT2D eigenvalue weighted by Crippen LogP contribution is 1.90. The first-order valence-corrected chi connectivity index (χ1v) is 2.36. The average Bonchev–Trinajstić information content (AvgIpc) is 1.82. The van der Waals surface area contributed by atoms with Crippen molar-refractivity contribution in [3.05, 3.63) is 11.6 Å². The fourth-order valence-electron chi connectivity index (χ4n) is 0.330. The standard InChI is InChI=1S/C5H8O4/c6-2-1-4(3-7)5(8)9/h1,6-7H,2-3H2,(H,8,9)/b4-1-. The van der Waals surface area contributed by atoms with Crippen LogP contribution in [0.2, 0.25) is 0 Å². The second kappa shape index (κ2) is 4.05. The number of carboxylic acids is 1. The molecule has 0 unspecified atom stereocenters. The Morgan fingerprint density at radius 3 is 2.11 bits per heavy atom. The van der Waals surface area contributed by atoms with Gasteiger partial charge in [0.15, 0.2) is 0 Å². The third-order valence-electron chi connectivity index (χ3n) is 0.783. The van der Waals surface area contributed by atoms with Gasteiger partial charge in [0.05, 0.1) is 18.8 Å². The fourth-order valence-corrected chi connectivity index (χ4v) is 0.330. The number of aliphatic hydroxyl groups excluding tert-OH is 2. The number of aliphatic carboxylic acids is 1. The van der Waals surface area contributed by atoms with Crippen LogP contribution >= 0.6 is 0 Å². The first-order chi connectivity index (χ1) is 4.22. The lowest BCUT2D eigenvalue weighted by Crippen LogP contribution is -2.05. The summed E-state index contributed by atoms with van der Waals surface area (Å²) in [5.74, 6) is -1.20. The van der Waals surface area contributed by atoms with Gasteiger partial charge in [-0.25, -0.2) is 4.79 Å². The minimum Gasteiger partial charge on any atom is -0.478 e. The van der Waals surface area contributed by atoms with Gasteiger partial charge in [-0.1, -0.05) is 0 Å². The molecule has 0 amide bonds. The lowest BCUT2D eigenvalue weighted by Gasteiger charge is -1.92. The Labute approximate surface area is 52.1 Å². The van der Waals surface area contributed by atoms with Crippen molar-refractivity contribution in [2.24, 2.45) is 0 Å². The molecule has 0 saturated carbocycles. The summed E-state index contributed by atoms with van der Waals surface area (Å²) in [5, 5.41) is 24.6. The first kappa shape index (κ1) is 8.13. The van der Waals surface area contributed by atoms with Gasteiger partial charge < -0.3 is 15.3 Å². The molecule has 0 aliphatic carbocycles. The predicted octanol–water partition coefficient (Wildman–Crippen LogP) is -1.02. The number of carbonyl (C=O) groups is 1. The molecule has 0 bridgehead atoms. The van der Waals surface area contributed by atoms with Gasteiger partial charge >= 0.3 is 5.97 Å². The van der Waals surface area contributed by atoms with E-state index in [2.05, 4.69) is 0 Å². The van der Waals surface area contributed by atoms with Crippen LogP contribution < -0.4 is 0 Å². The Kier molecular flexibility index (Phi) is 3.66. The van der Waals surface area contributed by atoms with Crippen LogP contribution in [0.25, 0.3) is 0 Å². The third-order valence-corrected chi connectivity index (χ3v) is 0.783. The van der Waals surface area contributed by atoms with Crippen LogP contribution in [0.15, 0.2) is 11.6 Å². The van der Waals surface area contributed by atoms with Crippen molar-refractivity contribution in [3.63, 3.8) is 0 Å². The number of hydrogen-bond acceptors (Lipinski definition) is 3. The molecule has 0 atom stereocenters. The average molecular weight is 132 g/mol. The summed E-state index contributed by atoms with van der Waals surface area (Å²) >= 11 is 0. The van der Waals surface area contributed by atoms with E-state index in [4.69, 9.17) is 15.3 Å². The molecule has 0 aliphatic heterocycles. The second-order valence-corrected chi connectivity index (χ2v) is 1.38. The van der Waals surface area contributed by atoms with Crippen LogP contribution in [0.3, 0.4) is 0 Å². The van der Waals surface area contributed by atoms with Crippen LogP contribution in [0.5, 0.6) is 0 Å². The van der Waals surface area contributed by atoms with E-state index in [1.54, 1.807) is 0 Å². The number of carboxylic acid groups (broad SMARTS) is 1. The van der Waals surface area contributed by atoms with E-state index in [1.807, 2.05) is 0 Å². The minimum absolute atomic E-state index is 0.183. The molecule has 9 heavy (non-hydrogen) atoms. The van der Waals surface area contributed by atoms with E-state index in [9.17, 15) is 4.79 Å². The monoisotopic (exact) mass is 132 g/mol. The summed E-state index contributed by atoms with van der Waals surface area (Å²) in [5.41, 5.74) is -0.183. The fraction of sp³-hybridized carbons (Fsp3) is 0.400. The Morgan fingerprint density at radius 2 is 2.00 bits per heavy atom. The molecule has 0 spiro atoms. The molecule has 0 radical (unpaired) electrons. The molecule has 0 aromatic rings. The number of aliphatic hydroxyl groups is 2. The van der Waals surface area contributed by atoms with Gasteiger partial charge in [-0.2, -0.15) is 0 Å². The molecule has 4 heteroatoms. The van der Waals surface area contributed by atoms with E-state index in [1.165, 1.54) is 0 Å². The van der Waals surface area contributed by atoms with E-state index in [0.717, 1.165) is 6.08 Å². The summed E-state index contributed by atoms with van der Waals surface area (Å²) < 4.78 is 0. The normalized spacial score (nSPS) is 11.6. The second-order valence-electron chi connectivity index (χ2n) is 1.38. The zero-order valence-electron chi connectivity index (χ0n) is 4.74. The van der Waals surface area contributed by atoms with Crippen molar-refractivity contribution in [2.45, 2.75) is 0 Å². The highest BCUT2D eigenvalue weighted by atomic mass is 16.4. The predicted molar refractivity (Wildman–Crippen MR) is 29.9 cm³/mol. The van der Waals surface area contributed by atoms with Gasteiger partial charge in [-0.05, 0) is 6.08 Å². The third kappa shape index (κ3) is 2.84. The summed E-state index contributed by atoms with van der Waals surface area (Å²) in [7, 11) is 0. The van der Waals surface area contributed by atoms with E-state index in [-0.39, 0.29) is 12.2 Å². The molecule has 0 saturated heterocycles. The topological polar surface area (TPSA) is 77.8 Å². The highest BCUT2D eigenvalue weighted by molar-refractivity contribution is 5.86. The van der Waals surface area contributed by atoms with Gasteiger partial charge in [0.25, 0.3) is 0 Å². The quantitative estimate of drug-likeness (QED) is 0.429. The maximum Gasteiger partial charge on any atom is 0.333 e. The van der Waals surface area contributed by atoms with Crippen LogP contribution in [-0.4, -0.2) is 34.5 Å². The molecule has 4 nitrogen and oxygen atoms in total. The molecule has 0 aromatic heterocycles.